The molecule has 3 nitrogen and oxygen atoms in total. The Bertz CT molecular complexity index is 734. The smallest absolute Gasteiger partial charge is 0.385 e. The second kappa shape index (κ2) is 6.93. The number of anilines is 1. The third-order valence-corrected chi connectivity index (χ3v) is 3.79. The van der Waals surface area contributed by atoms with Crippen LogP contribution in [0, 0.1) is 11.3 Å². The SMILES string of the molecule is CC(O)(CCNc1ccc(C(F)(F)F)cc1C#N)c1ccccc1. The fourth-order valence-corrected chi connectivity index (χ4v) is 2.35. The molecule has 0 fully saturated rings. The normalized spacial score (nSPS) is 13.8. The molecule has 24 heavy (non-hydrogen) atoms. The van der Waals surface area contributed by atoms with Crippen molar-refractivity contribution in [2.24, 2.45) is 0 Å². The summed E-state index contributed by atoms with van der Waals surface area (Å²) in [6.07, 6.45) is -4.15. The summed E-state index contributed by atoms with van der Waals surface area (Å²) in [5.41, 5.74) is -0.952. The Labute approximate surface area is 138 Å². The predicted molar refractivity (Wildman–Crippen MR) is 85.3 cm³/mol. The van der Waals surface area contributed by atoms with Crippen LogP contribution in [0.5, 0.6) is 0 Å². The van der Waals surface area contributed by atoms with Crippen LogP contribution in [0.4, 0.5) is 18.9 Å². The Morgan fingerprint density at radius 3 is 2.33 bits per heavy atom. The minimum atomic E-state index is -4.49. The largest absolute Gasteiger partial charge is 0.416 e. The van der Waals surface area contributed by atoms with Crippen molar-refractivity contribution in [1.82, 2.24) is 0 Å². The lowest BCUT2D eigenvalue weighted by molar-refractivity contribution is -0.137. The van der Waals surface area contributed by atoms with Crippen LogP contribution in [-0.2, 0) is 11.8 Å². The zero-order chi connectivity index (χ0) is 17.8. The van der Waals surface area contributed by atoms with Crippen molar-refractivity contribution >= 4 is 5.69 Å². The first-order valence-corrected chi connectivity index (χ1v) is 7.37. The Hall–Kier alpha value is -2.52. The van der Waals surface area contributed by atoms with E-state index in [1.165, 1.54) is 6.07 Å². The predicted octanol–water partition coefficient (Wildman–Crippen LogP) is 4.29. The summed E-state index contributed by atoms with van der Waals surface area (Å²) in [4.78, 5) is 0. The third kappa shape index (κ3) is 4.27. The zero-order valence-corrected chi connectivity index (χ0v) is 13.1. The molecule has 0 aliphatic rings. The number of hydrogen-bond acceptors (Lipinski definition) is 3. The van der Waals surface area contributed by atoms with Crippen LogP contribution in [-0.4, -0.2) is 11.7 Å². The molecule has 0 aliphatic carbocycles. The van der Waals surface area contributed by atoms with E-state index in [1.807, 2.05) is 18.2 Å². The topological polar surface area (TPSA) is 56.0 Å². The highest BCUT2D eigenvalue weighted by atomic mass is 19.4. The van der Waals surface area contributed by atoms with E-state index in [2.05, 4.69) is 5.32 Å². The highest BCUT2D eigenvalue weighted by Crippen LogP contribution is 2.32. The molecule has 6 heteroatoms. The maximum absolute atomic E-state index is 12.7. The summed E-state index contributed by atoms with van der Waals surface area (Å²) in [6, 6.07) is 13.8. The number of halogens is 3. The molecule has 1 atom stereocenters. The Morgan fingerprint density at radius 2 is 1.75 bits per heavy atom. The summed E-state index contributed by atoms with van der Waals surface area (Å²) in [6.45, 7) is 1.98. The molecule has 126 valence electrons. The molecule has 0 spiro atoms. The summed E-state index contributed by atoms with van der Waals surface area (Å²) in [5, 5.41) is 22.4. The molecule has 0 saturated heterocycles. The van der Waals surface area contributed by atoms with E-state index in [0.717, 1.165) is 17.7 Å². The molecule has 2 rings (SSSR count). The summed E-state index contributed by atoms with van der Waals surface area (Å²) < 4.78 is 38.0. The van der Waals surface area contributed by atoms with Gasteiger partial charge in [-0.25, -0.2) is 0 Å². The van der Waals surface area contributed by atoms with Gasteiger partial charge in [0.05, 0.1) is 22.4 Å². The van der Waals surface area contributed by atoms with Gasteiger partial charge in [-0.15, -0.1) is 0 Å². The van der Waals surface area contributed by atoms with E-state index in [-0.39, 0.29) is 5.56 Å². The van der Waals surface area contributed by atoms with Crippen LogP contribution in [0.2, 0.25) is 0 Å². The van der Waals surface area contributed by atoms with Gasteiger partial charge in [-0.2, -0.15) is 18.4 Å². The second-order valence-corrected chi connectivity index (χ2v) is 5.69. The Balaban J connectivity index is 2.06. The average Bonchev–Trinajstić information content (AvgIpc) is 2.54. The van der Waals surface area contributed by atoms with E-state index < -0.39 is 17.3 Å². The van der Waals surface area contributed by atoms with Crippen molar-refractivity contribution in [2.75, 3.05) is 11.9 Å². The molecule has 0 bridgehead atoms. The molecule has 1 unspecified atom stereocenters. The summed E-state index contributed by atoms with van der Waals surface area (Å²) in [5.74, 6) is 0. The Kier molecular flexibility index (Phi) is 5.15. The van der Waals surface area contributed by atoms with Crippen LogP contribution in [0.25, 0.3) is 0 Å². The van der Waals surface area contributed by atoms with Crippen molar-refractivity contribution in [2.45, 2.75) is 25.1 Å². The standard InChI is InChI=1S/C18H17F3N2O/c1-17(24,14-5-3-2-4-6-14)9-10-23-16-8-7-15(18(19,20)21)11-13(16)12-22/h2-8,11,23-24H,9-10H2,1H3. The van der Waals surface area contributed by atoms with E-state index in [0.29, 0.717) is 18.7 Å². The first kappa shape index (κ1) is 17.8. The van der Waals surface area contributed by atoms with Gasteiger partial charge in [0.1, 0.15) is 6.07 Å². The van der Waals surface area contributed by atoms with Crippen molar-refractivity contribution < 1.29 is 18.3 Å². The molecular weight excluding hydrogens is 317 g/mol. The quantitative estimate of drug-likeness (QED) is 0.858. The first-order chi connectivity index (χ1) is 11.2. The van der Waals surface area contributed by atoms with Crippen molar-refractivity contribution in [3.05, 3.63) is 65.2 Å². The van der Waals surface area contributed by atoms with Crippen LogP contribution < -0.4 is 5.32 Å². The van der Waals surface area contributed by atoms with E-state index in [1.54, 1.807) is 25.1 Å². The number of nitrogens with zero attached hydrogens (tertiary/aromatic N) is 1. The highest BCUT2D eigenvalue weighted by molar-refractivity contribution is 5.59. The van der Waals surface area contributed by atoms with Gasteiger partial charge in [0.25, 0.3) is 0 Å². The molecular formula is C18H17F3N2O. The number of benzene rings is 2. The Morgan fingerprint density at radius 1 is 1.08 bits per heavy atom. The van der Waals surface area contributed by atoms with Gasteiger partial charge >= 0.3 is 6.18 Å². The van der Waals surface area contributed by atoms with E-state index in [4.69, 9.17) is 5.26 Å². The second-order valence-electron chi connectivity index (χ2n) is 5.69. The maximum atomic E-state index is 12.7. The van der Waals surface area contributed by atoms with Crippen molar-refractivity contribution in [1.29, 1.82) is 5.26 Å². The highest BCUT2D eigenvalue weighted by Gasteiger charge is 2.31. The minimum Gasteiger partial charge on any atom is -0.385 e. The zero-order valence-electron chi connectivity index (χ0n) is 13.1. The van der Waals surface area contributed by atoms with Gasteiger partial charge in [-0.3, -0.25) is 0 Å². The number of aliphatic hydroxyl groups is 1. The maximum Gasteiger partial charge on any atom is 0.416 e. The van der Waals surface area contributed by atoms with Crippen LogP contribution in [0.3, 0.4) is 0 Å². The van der Waals surface area contributed by atoms with Gasteiger partial charge in [0, 0.05) is 6.54 Å². The number of nitrogens with one attached hydrogen (secondary N) is 1. The molecule has 0 aromatic heterocycles. The lowest BCUT2D eigenvalue weighted by Gasteiger charge is -2.24. The van der Waals surface area contributed by atoms with Gasteiger partial charge in [-0.1, -0.05) is 30.3 Å². The van der Waals surface area contributed by atoms with Crippen molar-refractivity contribution in [3.8, 4) is 6.07 Å². The number of alkyl halides is 3. The summed E-state index contributed by atoms with van der Waals surface area (Å²) in [7, 11) is 0. The van der Waals surface area contributed by atoms with Crippen molar-refractivity contribution in [3.63, 3.8) is 0 Å². The van der Waals surface area contributed by atoms with Gasteiger partial charge in [0.15, 0.2) is 0 Å². The van der Waals surface area contributed by atoms with Crippen LogP contribution in [0.15, 0.2) is 48.5 Å². The first-order valence-electron chi connectivity index (χ1n) is 7.37. The van der Waals surface area contributed by atoms with Gasteiger partial charge in [0.2, 0.25) is 0 Å². The molecule has 0 amide bonds. The number of nitriles is 1. The van der Waals surface area contributed by atoms with E-state index in [9.17, 15) is 18.3 Å². The van der Waals surface area contributed by atoms with E-state index >= 15 is 0 Å². The lowest BCUT2D eigenvalue weighted by atomic mass is 9.92. The van der Waals surface area contributed by atoms with Gasteiger partial charge < -0.3 is 10.4 Å². The average molecular weight is 334 g/mol. The molecule has 0 radical (unpaired) electrons. The number of rotatable bonds is 5. The molecule has 2 N–H and O–H groups in total. The molecule has 0 heterocycles. The fraction of sp³-hybridized carbons (Fsp3) is 0.278. The molecule has 0 saturated carbocycles. The minimum absolute atomic E-state index is 0.0795. The fourth-order valence-electron chi connectivity index (χ4n) is 2.35. The molecule has 2 aromatic carbocycles. The van der Waals surface area contributed by atoms with Crippen LogP contribution in [0.1, 0.15) is 30.0 Å². The third-order valence-electron chi connectivity index (χ3n) is 3.79. The molecule has 0 aliphatic heterocycles. The lowest BCUT2D eigenvalue weighted by Crippen LogP contribution is -2.24. The molecule has 2 aromatic rings. The van der Waals surface area contributed by atoms with Crippen LogP contribution >= 0.6 is 0 Å². The van der Waals surface area contributed by atoms with Gasteiger partial charge in [-0.05, 0) is 37.1 Å². The monoisotopic (exact) mass is 334 g/mol. The summed E-state index contributed by atoms with van der Waals surface area (Å²) >= 11 is 0. The number of hydrogen-bond donors (Lipinski definition) is 2.